The van der Waals surface area contributed by atoms with Crippen molar-refractivity contribution in [2.75, 3.05) is 6.61 Å². The fraction of sp³-hybridized carbons (Fsp3) is 0.333. The minimum absolute atomic E-state index is 0.0374. The number of nitrogens with zero attached hydrogens (tertiary/aromatic N) is 1. The number of pyridine rings is 1. The Bertz CT molecular complexity index is 1230. The summed E-state index contributed by atoms with van der Waals surface area (Å²) in [5.74, 6) is -0.229. The first-order chi connectivity index (χ1) is 14.3. The van der Waals surface area contributed by atoms with Gasteiger partial charge in [-0.2, -0.15) is 11.3 Å². The highest BCUT2D eigenvalue weighted by Crippen LogP contribution is 2.49. The Hall–Kier alpha value is -2.86. The second-order valence-corrected chi connectivity index (χ2v) is 9.88. The molecule has 1 atom stereocenters. The number of carboxylic acid groups (broad SMARTS) is 1. The zero-order valence-electron chi connectivity index (χ0n) is 17.2. The topological polar surface area (TPSA) is 68.5 Å². The molecule has 30 heavy (non-hydrogen) atoms. The molecule has 3 aromatic rings. The van der Waals surface area contributed by atoms with Gasteiger partial charge in [0.05, 0.1) is 12.3 Å². The van der Waals surface area contributed by atoms with Crippen molar-refractivity contribution in [2.45, 2.75) is 39.7 Å². The maximum absolute atomic E-state index is 12.6. The van der Waals surface area contributed by atoms with Gasteiger partial charge in [0.1, 0.15) is 11.3 Å². The van der Waals surface area contributed by atoms with E-state index < -0.39 is 11.4 Å². The quantitative estimate of drug-likeness (QED) is 0.631. The van der Waals surface area contributed by atoms with Gasteiger partial charge in [-0.25, -0.2) is 4.79 Å². The first kappa shape index (κ1) is 19.1. The van der Waals surface area contributed by atoms with Gasteiger partial charge >= 0.3 is 5.97 Å². The highest BCUT2D eigenvalue weighted by atomic mass is 32.1. The van der Waals surface area contributed by atoms with Gasteiger partial charge in [0, 0.05) is 41.4 Å². The summed E-state index contributed by atoms with van der Waals surface area (Å²) in [7, 11) is 0. The van der Waals surface area contributed by atoms with E-state index in [9.17, 15) is 14.7 Å². The highest BCUT2D eigenvalue weighted by Gasteiger charge is 2.36. The molecule has 0 saturated carbocycles. The second kappa shape index (κ2) is 6.57. The molecule has 0 radical (unpaired) electrons. The van der Waals surface area contributed by atoms with E-state index in [0.29, 0.717) is 6.61 Å². The van der Waals surface area contributed by atoms with E-state index in [0.717, 1.165) is 41.0 Å². The molecule has 1 aromatic carbocycles. The molecule has 5 nitrogen and oxygen atoms in total. The standard InChI is InChI=1S/C24H23NO4S/c1-24(2,3)21-9-16-14-4-6-29-22(14)15(13-5-7-30-12-13)8-17(16)19-10-20(26)18(23(27)28)11-25(19)21/h5,7-8,10-12,21H,4,6,9H2,1-3H3,(H,27,28). The SMILES string of the molecule is CC(C)(C)C1Cc2c(cc(-c3ccsc3)c3c2CCO3)-c2cc(=O)c(C(=O)O)cn21. The monoisotopic (exact) mass is 421 g/mol. The van der Waals surface area contributed by atoms with E-state index in [2.05, 4.69) is 38.3 Å². The molecular formula is C24H23NO4S. The van der Waals surface area contributed by atoms with Gasteiger partial charge in [0.2, 0.25) is 0 Å². The molecule has 0 fully saturated rings. The van der Waals surface area contributed by atoms with E-state index in [1.54, 1.807) is 11.3 Å². The molecular weight excluding hydrogens is 398 g/mol. The summed E-state index contributed by atoms with van der Waals surface area (Å²) in [6, 6.07) is 5.73. The number of hydrogen-bond donors (Lipinski definition) is 1. The Labute approximate surface area is 178 Å². The molecule has 0 amide bonds. The number of aromatic nitrogens is 1. The van der Waals surface area contributed by atoms with E-state index in [-0.39, 0.29) is 17.0 Å². The third kappa shape index (κ3) is 2.82. The average Bonchev–Trinajstić information content (AvgIpc) is 3.37. The fourth-order valence-corrected chi connectivity index (χ4v) is 5.39. The van der Waals surface area contributed by atoms with Gasteiger partial charge in [0.15, 0.2) is 5.43 Å². The molecule has 1 N–H and O–H groups in total. The summed E-state index contributed by atoms with van der Waals surface area (Å²) in [5, 5.41) is 13.7. The summed E-state index contributed by atoms with van der Waals surface area (Å²) in [4.78, 5) is 24.3. The number of rotatable bonds is 2. The molecule has 0 spiro atoms. The normalized spacial score (nSPS) is 17.1. The van der Waals surface area contributed by atoms with Crippen LogP contribution in [0.15, 0.2) is 40.0 Å². The van der Waals surface area contributed by atoms with E-state index in [4.69, 9.17) is 4.74 Å². The predicted octanol–water partition coefficient (Wildman–Crippen LogP) is 5.02. The van der Waals surface area contributed by atoms with Crippen molar-refractivity contribution in [2.24, 2.45) is 5.41 Å². The smallest absolute Gasteiger partial charge is 0.341 e. The lowest BCUT2D eigenvalue weighted by molar-refractivity contribution is 0.0693. The van der Waals surface area contributed by atoms with Gasteiger partial charge in [-0.1, -0.05) is 20.8 Å². The van der Waals surface area contributed by atoms with Crippen LogP contribution < -0.4 is 10.2 Å². The summed E-state index contributed by atoms with van der Waals surface area (Å²) < 4.78 is 8.07. The van der Waals surface area contributed by atoms with Crippen molar-refractivity contribution >= 4 is 17.3 Å². The minimum atomic E-state index is -1.19. The van der Waals surface area contributed by atoms with Crippen molar-refractivity contribution in [1.29, 1.82) is 0 Å². The Morgan fingerprint density at radius 3 is 2.70 bits per heavy atom. The number of fused-ring (bicyclic) bond motifs is 5. The van der Waals surface area contributed by atoms with Crippen LogP contribution in [0.4, 0.5) is 0 Å². The molecule has 2 aromatic heterocycles. The number of aromatic carboxylic acids is 1. The van der Waals surface area contributed by atoms with Crippen LogP contribution in [0.1, 0.15) is 48.3 Å². The summed E-state index contributed by atoms with van der Waals surface area (Å²) >= 11 is 1.64. The largest absolute Gasteiger partial charge is 0.492 e. The number of thiophene rings is 1. The van der Waals surface area contributed by atoms with Crippen molar-refractivity contribution in [3.8, 4) is 28.1 Å². The Morgan fingerprint density at radius 1 is 1.23 bits per heavy atom. The van der Waals surface area contributed by atoms with Crippen molar-refractivity contribution in [3.05, 3.63) is 62.1 Å². The van der Waals surface area contributed by atoms with Gasteiger partial charge in [-0.3, -0.25) is 4.79 Å². The van der Waals surface area contributed by atoms with Crippen LogP contribution in [0.2, 0.25) is 0 Å². The Kier molecular flexibility index (Phi) is 4.19. The highest BCUT2D eigenvalue weighted by molar-refractivity contribution is 7.08. The fourth-order valence-electron chi connectivity index (χ4n) is 4.74. The van der Waals surface area contributed by atoms with Crippen molar-refractivity contribution in [1.82, 2.24) is 4.57 Å². The molecule has 2 aliphatic rings. The van der Waals surface area contributed by atoms with Crippen LogP contribution in [-0.2, 0) is 12.8 Å². The molecule has 0 saturated heterocycles. The lowest BCUT2D eigenvalue weighted by atomic mass is 9.76. The third-order valence-electron chi connectivity index (χ3n) is 6.25. The lowest BCUT2D eigenvalue weighted by Gasteiger charge is -2.39. The second-order valence-electron chi connectivity index (χ2n) is 9.10. The summed E-state index contributed by atoms with van der Waals surface area (Å²) in [6.07, 6.45) is 3.17. The molecule has 6 heteroatoms. The zero-order chi connectivity index (χ0) is 21.2. The molecule has 1 unspecified atom stereocenters. The summed E-state index contributed by atoms with van der Waals surface area (Å²) in [6.45, 7) is 7.12. The first-order valence-corrected chi connectivity index (χ1v) is 11.0. The average molecular weight is 422 g/mol. The molecule has 0 bridgehead atoms. The Morgan fingerprint density at radius 2 is 2.03 bits per heavy atom. The van der Waals surface area contributed by atoms with E-state index in [1.807, 2.05) is 9.95 Å². The molecule has 2 aliphatic heterocycles. The molecule has 4 heterocycles. The van der Waals surface area contributed by atoms with Gasteiger partial charge in [-0.05, 0) is 45.9 Å². The van der Waals surface area contributed by atoms with Crippen molar-refractivity contribution in [3.63, 3.8) is 0 Å². The van der Waals surface area contributed by atoms with Crippen LogP contribution in [-0.4, -0.2) is 22.2 Å². The molecule has 5 rings (SSSR count). The number of hydrogen-bond acceptors (Lipinski definition) is 4. The van der Waals surface area contributed by atoms with Gasteiger partial charge < -0.3 is 14.4 Å². The van der Waals surface area contributed by atoms with Gasteiger partial charge in [-0.15, -0.1) is 0 Å². The van der Waals surface area contributed by atoms with Crippen LogP contribution in [0.3, 0.4) is 0 Å². The third-order valence-corrected chi connectivity index (χ3v) is 6.93. The summed E-state index contributed by atoms with van der Waals surface area (Å²) in [5.41, 5.74) is 5.64. The van der Waals surface area contributed by atoms with Crippen LogP contribution in [0, 0.1) is 5.41 Å². The lowest BCUT2D eigenvalue weighted by Crippen LogP contribution is -2.33. The first-order valence-electron chi connectivity index (χ1n) is 10.1. The van der Waals surface area contributed by atoms with Crippen molar-refractivity contribution < 1.29 is 14.6 Å². The Balaban J connectivity index is 1.84. The van der Waals surface area contributed by atoms with Gasteiger partial charge in [0.25, 0.3) is 0 Å². The minimum Gasteiger partial charge on any atom is -0.492 e. The van der Waals surface area contributed by atoms with E-state index in [1.165, 1.54) is 23.4 Å². The zero-order valence-corrected chi connectivity index (χ0v) is 18.0. The van der Waals surface area contributed by atoms with E-state index >= 15 is 0 Å². The van der Waals surface area contributed by atoms with Crippen LogP contribution in [0.5, 0.6) is 5.75 Å². The molecule has 0 aliphatic carbocycles. The maximum Gasteiger partial charge on any atom is 0.341 e. The molecule has 154 valence electrons. The predicted molar refractivity (Wildman–Crippen MR) is 118 cm³/mol. The number of carbonyl (C=O) groups is 1. The van der Waals surface area contributed by atoms with Crippen LogP contribution in [0.25, 0.3) is 22.4 Å². The number of benzene rings is 1. The number of carboxylic acids is 1. The maximum atomic E-state index is 12.6. The number of ether oxygens (including phenoxy) is 1. The van der Waals surface area contributed by atoms with Crippen LogP contribution >= 0.6 is 11.3 Å².